The Labute approximate surface area is 115 Å². The van der Waals surface area contributed by atoms with Gasteiger partial charge in [0.15, 0.2) is 0 Å². The van der Waals surface area contributed by atoms with Crippen LogP contribution >= 0.6 is 0 Å². The molecule has 1 N–H and O–H groups in total. The molecular formula is C16H12O4. The van der Waals surface area contributed by atoms with Crippen molar-refractivity contribution in [1.82, 2.24) is 0 Å². The summed E-state index contributed by atoms with van der Waals surface area (Å²) >= 11 is 0. The molecule has 0 unspecified atom stereocenters. The zero-order valence-corrected chi connectivity index (χ0v) is 10.6. The Morgan fingerprint density at radius 2 is 1.90 bits per heavy atom. The molecule has 2 aromatic carbocycles. The molecule has 0 saturated heterocycles. The number of aromatic carboxylic acids is 1. The summed E-state index contributed by atoms with van der Waals surface area (Å²) < 4.78 is 10.9. The number of fused-ring (bicyclic) bond motifs is 1. The van der Waals surface area contributed by atoms with E-state index in [1.54, 1.807) is 6.07 Å². The molecule has 100 valence electrons. The predicted molar refractivity (Wildman–Crippen MR) is 73.9 cm³/mol. The first kappa shape index (κ1) is 12.3. The number of ether oxygens (including phenoxy) is 1. The van der Waals surface area contributed by atoms with Crippen molar-refractivity contribution in [3.05, 3.63) is 65.9 Å². The SMILES string of the molecule is O=C(O)c1cc2cc(COc3ccccc3)ccc2o1. The van der Waals surface area contributed by atoms with Crippen LogP contribution in [0.4, 0.5) is 0 Å². The van der Waals surface area contributed by atoms with E-state index < -0.39 is 5.97 Å². The molecule has 0 aliphatic carbocycles. The maximum absolute atomic E-state index is 10.8. The minimum Gasteiger partial charge on any atom is -0.489 e. The van der Waals surface area contributed by atoms with Crippen molar-refractivity contribution in [3.8, 4) is 5.75 Å². The monoisotopic (exact) mass is 268 g/mol. The van der Waals surface area contributed by atoms with Crippen LogP contribution in [0.5, 0.6) is 5.75 Å². The number of hydrogen-bond donors (Lipinski definition) is 1. The third kappa shape index (κ3) is 2.49. The van der Waals surface area contributed by atoms with Gasteiger partial charge in [0.1, 0.15) is 17.9 Å². The number of para-hydroxylation sites is 1. The Hall–Kier alpha value is -2.75. The summed E-state index contributed by atoms with van der Waals surface area (Å²) in [4.78, 5) is 10.8. The standard InChI is InChI=1S/C16H12O4/c17-16(18)15-9-12-8-11(6-7-14(12)20-15)10-19-13-4-2-1-3-5-13/h1-9H,10H2,(H,17,18). The van der Waals surface area contributed by atoms with Crippen molar-refractivity contribution in [3.63, 3.8) is 0 Å². The molecule has 0 bridgehead atoms. The van der Waals surface area contributed by atoms with Gasteiger partial charge in [-0.05, 0) is 35.9 Å². The fraction of sp³-hybridized carbons (Fsp3) is 0.0625. The van der Waals surface area contributed by atoms with E-state index in [4.69, 9.17) is 14.3 Å². The molecule has 0 aliphatic rings. The van der Waals surface area contributed by atoms with Crippen LogP contribution in [0.2, 0.25) is 0 Å². The lowest BCUT2D eigenvalue weighted by Gasteiger charge is -2.05. The zero-order chi connectivity index (χ0) is 13.9. The first-order valence-electron chi connectivity index (χ1n) is 6.16. The lowest BCUT2D eigenvalue weighted by molar-refractivity contribution is 0.0665. The van der Waals surface area contributed by atoms with E-state index in [1.807, 2.05) is 42.5 Å². The summed E-state index contributed by atoms with van der Waals surface area (Å²) in [6, 6.07) is 16.5. The molecule has 3 aromatic rings. The van der Waals surface area contributed by atoms with Crippen LogP contribution in [-0.4, -0.2) is 11.1 Å². The van der Waals surface area contributed by atoms with Crippen LogP contribution in [0, 0.1) is 0 Å². The number of furan rings is 1. The van der Waals surface area contributed by atoms with Crippen LogP contribution < -0.4 is 4.74 Å². The van der Waals surface area contributed by atoms with Crippen LogP contribution in [-0.2, 0) is 6.61 Å². The number of rotatable bonds is 4. The van der Waals surface area contributed by atoms with E-state index in [0.29, 0.717) is 12.2 Å². The Kier molecular flexibility index (Phi) is 3.13. The normalized spacial score (nSPS) is 10.6. The molecule has 20 heavy (non-hydrogen) atoms. The highest BCUT2D eigenvalue weighted by molar-refractivity contribution is 5.91. The van der Waals surface area contributed by atoms with Crippen molar-refractivity contribution in [1.29, 1.82) is 0 Å². The highest BCUT2D eigenvalue weighted by atomic mass is 16.5. The van der Waals surface area contributed by atoms with Gasteiger partial charge in [-0.3, -0.25) is 0 Å². The maximum Gasteiger partial charge on any atom is 0.371 e. The van der Waals surface area contributed by atoms with Gasteiger partial charge in [0, 0.05) is 5.39 Å². The van der Waals surface area contributed by atoms with E-state index >= 15 is 0 Å². The lowest BCUT2D eigenvalue weighted by atomic mass is 10.1. The lowest BCUT2D eigenvalue weighted by Crippen LogP contribution is -1.94. The van der Waals surface area contributed by atoms with E-state index in [2.05, 4.69) is 0 Å². The summed E-state index contributed by atoms with van der Waals surface area (Å²) in [5.74, 6) is -0.324. The fourth-order valence-corrected chi connectivity index (χ4v) is 1.97. The van der Waals surface area contributed by atoms with Gasteiger partial charge >= 0.3 is 5.97 Å². The molecule has 1 heterocycles. The second kappa shape index (κ2) is 5.09. The molecular weight excluding hydrogens is 256 g/mol. The molecule has 0 fully saturated rings. The van der Waals surface area contributed by atoms with Crippen molar-refractivity contribution >= 4 is 16.9 Å². The summed E-state index contributed by atoms with van der Waals surface area (Å²) in [5, 5.41) is 9.65. The third-order valence-corrected chi connectivity index (χ3v) is 2.94. The largest absolute Gasteiger partial charge is 0.489 e. The van der Waals surface area contributed by atoms with Crippen molar-refractivity contribution < 1.29 is 19.1 Å². The number of benzene rings is 2. The van der Waals surface area contributed by atoms with E-state index in [-0.39, 0.29) is 5.76 Å². The average molecular weight is 268 g/mol. The van der Waals surface area contributed by atoms with Crippen LogP contribution in [0.25, 0.3) is 11.0 Å². The van der Waals surface area contributed by atoms with Crippen molar-refractivity contribution in [2.24, 2.45) is 0 Å². The molecule has 4 nitrogen and oxygen atoms in total. The van der Waals surface area contributed by atoms with Gasteiger partial charge in [-0.1, -0.05) is 24.3 Å². The first-order chi connectivity index (χ1) is 9.72. The Bertz CT molecular complexity index is 744. The number of carboxylic acid groups (broad SMARTS) is 1. The highest BCUT2D eigenvalue weighted by Gasteiger charge is 2.10. The molecule has 0 spiro atoms. The Morgan fingerprint density at radius 3 is 2.65 bits per heavy atom. The fourth-order valence-electron chi connectivity index (χ4n) is 1.97. The summed E-state index contributed by atoms with van der Waals surface area (Å²) in [7, 11) is 0. The molecule has 0 aliphatic heterocycles. The topological polar surface area (TPSA) is 59.7 Å². The van der Waals surface area contributed by atoms with Crippen LogP contribution in [0.15, 0.2) is 59.0 Å². The maximum atomic E-state index is 10.8. The van der Waals surface area contributed by atoms with Gasteiger partial charge in [-0.25, -0.2) is 4.79 Å². The molecule has 0 radical (unpaired) electrons. The summed E-state index contributed by atoms with van der Waals surface area (Å²) in [6.07, 6.45) is 0. The van der Waals surface area contributed by atoms with E-state index in [9.17, 15) is 4.79 Å². The third-order valence-electron chi connectivity index (χ3n) is 2.94. The van der Waals surface area contributed by atoms with Gasteiger partial charge in [0.05, 0.1) is 0 Å². The predicted octanol–water partition coefficient (Wildman–Crippen LogP) is 3.71. The van der Waals surface area contributed by atoms with Gasteiger partial charge in [0.2, 0.25) is 5.76 Å². The molecule has 4 heteroatoms. The van der Waals surface area contributed by atoms with E-state index in [1.165, 1.54) is 6.07 Å². The van der Waals surface area contributed by atoms with Crippen LogP contribution in [0.1, 0.15) is 16.1 Å². The Balaban J connectivity index is 1.80. The van der Waals surface area contributed by atoms with Gasteiger partial charge in [-0.15, -0.1) is 0 Å². The molecule has 0 amide bonds. The molecule has 1 aromatic heterocycles. The second-order valence-corrected chi connectivity index (χ2v) is 4.39. The zero-order valence-electron chi connectivity index (χ0n) is 10.6. The molecule has 0 saturated carbocycles. The minimum absolute atomic E-state index is 0.0545. The van der Waals surface area contributed by atoms with Gasteiger partial charge in [0.25, 0.3) is 0 Å². The van der Waals surface area contributed by atoms with Gasteiger partial charge in [-0.2, -0.15) is 0 Å². The quantitative estimate of drug-likeness (QED) is 0.783. The average Bonchev–Trinajstić information content (AvgIpc) is 2.89. The van der Waals surface area contributed by atoms with Crippen molar-refractivity contribution in [2.45, 2.75) is 6.61 Å². The number of carbonyl (C=O) groups is 1. The minimum atomic E-state index is -1.07. The molecule has 3 rings (SSSR count). The second-order valence-electron chi connectivity index (χ2n) is 4.39. The Morgan fingerprint density at radius 1 is 1.10 bits per heavy atom. The number of hydrogen-bond acceptors (Lipinski definition) is 3. The smallest absolute Gasteiger partial charge is 0.371 e. The molecule has 0 atom stereocenters. The van der Waals surface area contributed by atoms with E-state index in [0.717, 1.165) is 16.7 Å². The number of carboxylic acids is 1. The highest BCUT2D eigenvalue weighted by Crippen LogP contribution is 2.21. The summed E-state index contributed by atoms with van der Waals surface area (Å²) in [5.41, 5.74) is 1.52. The van der Waals surface area contributed by atoms with Crippen molar-refractivity contribution in [2.75, 3.05) is 0 Å². The summed E-state index contributed by atoms with van der Waals surface area (Å²) in [6.45, 7) is 0.424. The van der Waals surface area contributed by atoms with Gasteiger partial charge < -0.3 is 14.3 Å². The first-order valence-corrected chi connectivity index (χ1v) is 6.16. The van der Waals surface area contributed by atoms with Crippen LogP contribution in [0.3, 0.4) is 0 Å².